The Morgan fingerprint density at radius 3 is 2.82 bits per heavy atom. The maximum atomic E-state index is 11.3. The zero-order valence-electron chi connectivity index (χ0n) is 10.4. The van der Waals surface area contributed by atoms with E-state index in [4.69, 9.17) is 0 Å². The molecule has 0 spiro atoms. The van der Waals surface area contributed by atoms with Gasteiger partial charge in [0.05, 0.1) is 5.41 Å². The van der Waals surface area contributed by atoms with Crippen LogP contribution in [0.25, 0.3) is 0 Å². The van der Waals surface area contributed by atoms with Crippen molar-refractivity contribution in [2.24, 2.45) is 5.41 Å². The summed E-state index contributed by atoms with van der Waals surface area (Å²) in [6.45, 7) is 5.30. The molecule has 1 aromatic carbocycles. The SMILES string of the molecule is CCC(C)(CN1CCc2ccccc21)C(=O)O. The molecule has 0 radical (unpaired) electrons. The van der Waals surface area contributed by atoms with Crippen molar-refractivity contribution < 1.29 is 9.90 Å². The molecule has 1 aliphatic heterocycles. The summed E-state index contributed by atoms with van der Waals surface area (Å²) in [6, 6.07) is 8.26. The number of hydrogen-bond donors (Lipinski definition) is 1. The molecule has 1 aliphatic rings. The average molecular weight is 233 g/mol. The Bertz CT molecular complexity index is 430. The lowest BCUT2D eigenvalue weighted by molar-refractivity contribution is -0.147. The van der Waals surface area contributed by atoms with Crippen molar-refractivity contribution in [1.82, 2.24) is 0 Å². The molecule has 0 fully saturated rings. The molecule has 0 saturated heterocycles. The molecule has 0 aliphatic carbocycles. The Kier molecular flexibility index (Phi) is 3.09. The normalized spacial score (nSPS) is 17.6. The van der Waals surface area contributed by atoms with Gasteiger partial charge in [-0.3, -0.25) is 4.79 Å². The summed E-state index contributed by atoms with van der Waals surface area (Å²) in [7, 11) is 0. The van der Waals surface area contributed by atoms with Crippen LogP contribution in [0.1, 0.15) is 25.8 Å². The molecular weight excluding hydrogens is 214 g/mol. The molecule has 0 saturated carbocycles. The van der Waals surface area contributed by atoms with Crippen LogP contribution in [0.4, 0.5) is 5.69 Å². The van der Waals surface area contributed by atoms with E-state index in [1.807, 2.05) is 26.0 Å². The van der Waals surface area contributed by atoms with E-state index >= 15 is 0 Å². The molecule has 0 bridgehead atoms. The highest BCUT2D eigenvalue weighted by atomic mass is 16.4. The van der Waals surface area contributed by atoms with Gasteiger partial charge in [-0.1, -0.05) is 25.1 Å². The molecule has 92 valence electrons. The van der Waals surface area contributed by atoms with Gasteiger partial charge in [0.1, 0.15) is 0 Å². The number of anilines is 1. The van der Waals surface area contributed by atoms with E-state index in [-0.39, 0.29) is 0 Å². The van der Waals surface area contributed by atoms with Gasteiger partial charge in [0.15, 0.2) is 0 Å². The Hall–Kier alpha value is -1.51. The standard InChI is InChI=1S/C14H19NO2/c1-3-14(2,13(16)17)10-15-9-8-11-6-4-5-7-12(11)15/h4-7H,3,8-10H2,1-2H3,(H,16,17). The fraction of sp³-hybridized carbons (Fsp3) is 0.500. The zero-order valence-corrected chi connectivity index (χ0v) is 10.4. The number of rotatable bonds is 4. The fourth-order valence-corrected chi connectivity index (χ4v) is 2.32. The third kappa shape index (κ3) is 2.14. The van der Waals surface area contributed by atoms with Crippen LogP contribution in [0.5, 0.6) is 0 Å². The van der Waals surface area contributed by atoms with Crippen molar-refractivity contribution in [3.05, 3.63) is 29.8 Å². The largest absolute Gasteiger partial charge is 0.481 e. The summed E-state index contributed by atoms with van der Waals surface area (Å²) >= 11 is 0. The van der Waals surface area contributed by atoms with Gasteiger partial charge >= 0.3 is 5.97 Å². The second kappa shape index (κ2) is 4.40. The second-order valence-electron chi connectivity index (χ2n) is 5.02. The van der Waals surface area contributed by atoms with E-state index in [2.05, 4.69) is 17.0 Å². The molecule has 3 heteroatoms. The predicted octanol–water partition coefficient (Wildman–Crippen LogP) is 2.55. The predicted molar refractivity (Wildman–Crippen MR) is 68.4 cm³/mol. The minimum atomic E-state index is -0.704. The van der Waals surface area contributed by atoms with Gasteiger partial charge in [0.2, 0.25) is 0 Å². The third-order valence-electron chi connectivity index (χ3n) is 3.82. The number of carbonyl (C=O) groups is 1. The lowest BCUT2D eigenvalue weighted by Crippen LogP contribution is -2.40. The molecule has 2 rings (SSSR count). The van der Waals surface area contributed by atoms with E-state index in [0.29, 0.717) is 13.0 Å². The molecule has 1 atom stereocenters. The minimum absolute atomic E-state index is 0.593. The maximum Gasteiger partial charge on any atom is 0.311 e. The van der Waals surface area contributed by atoms with Crippen molar-refractivity contribution in [2.75, 3.05) is 18.0 Å². The van der Waals surface area contributed by atoms with E-state index in [9.17, 15) is 9.90 Å². The van der Waals surface area contributed by atoms with Gasteiger partial charge < -0.3 is 10.0 Å². The van der Waals surface area contributed by atoms with Crippen molar-refractivity contribution in [3.8, 4) is 0 Å². The Labute approximate surface area is 102 Å². The molecular formula is C14H19NO2. The summed E-state index contributed by atoms with van der Waals surface area (Å²) in [6.07, 6.45) is 1.68. The first-order valence-corrected chi connectivity index (χ1v) is 6.13. The number of benzene rings is 1. The summed E-state index contributed by atoms with van der Waals surface area (Å²) in [4.78, 5) is 13.5. The Morgan fingerprint density at radius 1 is 1.47 bits per heavy atom. The van der Waals surface area contributed by atoms with E-state index in [1.54, 1.807) is 0 Å². The lowest BCUT2D eigenvalue weighted by Gasteiger charge is -2.30. The van der Waals surface area contributed by atoms with Crippen molar-refractivity contribution in [2.45, 2.75) is 26.7 Å². The number of carboxylic acids is 1. The van der Waals surface area contributed by atoms with Crippen LogP contribution in [-0.2, 0) is 11.2 Å². The van der Waals surface area contributed by atoms with Gasteiger partial charge in [-0.25, -0.2) is 0 Å². The number of fused-ring (bicyclic) bond motifs is 1. The Morgan fingerprint density at radius 2 is 2.18 bits per heavy atom. The van der Waals surface area contributed by atoms with E-state index < -0.39 is 11.4 Å². The minimum Gasteiger partial charge on any atom is -0.481 e. The summed E-state index contributed by atoms with van der Waals surface area (Å²) in [5.41, 5.74) is 1.88. The van der Waals surface area contributed by atoms with Crippen LogP contribution in [-0.4, -0.2) is 24.2 Å². The molecule has 0 aromatic heterocycles. The highest BCUT2D eigenvalue weighted by Crippen LogP contribution is 2.32. The molecule has 1 N–H and O–H groups in total. The molecule has 17 heavy (non-hydrogen) atoms. The zero-order chi connectivity index (χ0) is 12.5. The van der Waals surface area contributed by atoms with Crippen LogP contribution in [0.2, 0.25) is 0 Å². The first kappa shape index (κ1) is 12.0. The summed E-state index contributed by atoms with van der Waals surface area (Å²) < 4.78 is 0. The van der Waals surface area contributed by atoms with E-state index in [1.165, 1.54) is 11.3 Å². The topological polar surface area (TPSA) is 40.5 Å². The van der Waals surface area contributed by atoms with Gasteiger partial charge in [-0.05, 0) is 31.4 Å². The number of para-hydroxylation sites is 1. The Balaban J connectivity index is 2.19. The molecule has 3 nitrogen and oxygen atoms in total. The molecule has 1 aromatic rings. The number of nitrogens with zero attached hydrogens (tertiary/aromatic N) is 1. The first-order chi connectivity index (χ1) is 8.07. The molecule has 0 amide bonds. The molecule has 1 heterocycles. The summed E-state index contributed by atoms with van der Waals surface area (Å²) in [5.74, 6) is -0.704. The number of carboxylic acid groups (broad SMARTS) is 1. The monoisotopic (exact) mass is 233 g/mol. The van der Waals surface area contributed by atoms with Gasteiger partial charge in [-0.2, -0.15) is 0 Å². The second-order valence-corrected chi connectivity index (χ2v) is 5.02. The van der Waals surface area contributed by atoms with Gasteiger partial charge in [0, 0.05) is 18.8 Å². The third-order valence-corrected chi connectivity index (χ3v) is 3.82. The molecule has 1 unspecified atom stereocenters. The van der Waals surface area contributed by atoms with Crippen molar-refractivity contribution in [3.63, 3.8) is 0 Å². The van der Waals surface area contributed by atoms with Crippen molar-refractivity contribution >= 4 is 11.7 Å². The van der Waals surface area contributed by atoms with Crippen LogP contribution in [0, 0.1) is 5.41 Å². The van der Waals surface area contributed by atoms with Crippen LogP contribution in [0.15, 0.2) is 24.3 Å². The van der Waals surface area contributed by atoms with Crippen LogP contribution >= 0.6 is 0 Å². The van der Waals surface area contributed by atoms with E-state index in [0.717, 1.165) is 13.0 Å². The quantitative estimate of drug-likeness (QED) is 0.868. The number of aliphatic carboxylic acids is 1. The van der Waals surface area contributed by atoms with Crippen LogP contribution in [0.3, 0.4) is 0 Å². The van der Waals surface area contributed by atoms with Crippen LogP contribution < -0.4 is 4.90 Å². The maximum absolute atomic E-state index is 11.3. The highest BCUT2D eigenvalue weighted by molar-refractivity contribution is 5.75. The highest BCUT2D eigenvalue weighted by Gasteiger charge is 2.35. The lowest BCUT2D eigenvalue weighted by atomic mass is 9.87. The number of hydrogen-bond acceptors (Lipinski definition) is 2. The van der Waals surface area contributed by atoms with Crippen molar-refractivity contribution in [1.29, 1.82) is 0 Å². The summed E-state index contributed by atoms with van der Waals surface area (Å²) in [5, 5.41) is 9.31. The van der Waals surface area contributed by atoms with Gasteiger partial charge in [0.25, 0.3) is 0 Å². The first-order valence-electron chi connectivity index (χ1n) is 6.13. The smallest absolute Gasteiger partial charge is 0.311 e. The van der Waals surface area contributed by atoms with Gasteiger partial charge in [-0.15, -0.1) is 0 Å². The fourth-order valence-electron chi connectivity index (χ4n) is 2.32. The average Bonchev–Trinajstić information content (AvgIpc) is 2.72.